The third-order valence-corrected chi connectivity index (χ3v) is 1.97. The van der Waals surface area contributed by atoms with Crippen LogP contribution in [0.2, 0.25) is 0 Å². The zero-order valence-electron chi connectivity index (χ0n) is 9.32. The second-order valence-electron chi connectivity index (χ2n) is 3.80. The van der Waals surface area contributed by atoms with Crippen molar-refractivity contribution in [3.8, 4) is 0 Å². The van der Waals surface area contributed by atoms with Crippen molar-refractivity contribution in [2.24, 2.45) is 0 Å². The van der Waals surface area contributed by atoms with E-state index in [9.17, 15) is 0 Å². The normalized spacial score (nSPS) is 21.6. The molecular formula is C10H22O4. The Morgan fingerprint density at radius 1 is 1.50 bits per heavy atom. The van der Waals surface area contributed by atoms with Gasteiger partial charge in [0.25, 0.3) is 0 Å². The van der Waals surface area contributed by atoms with Crippen molar-refractivity contribution >= 4 is 0 Å². The monoisotopic (exact) mass is 206 g/mol. The minimum atomic E-state index is -0.958. The maximum Gasteiger partial charge on any atom is 0.159 e. The first-order valence-electron chi connectivity index (χ1n) is 4.99. The van der Waals surface area contributed by atoms with Gasteiger partial charge in [0, 0.05) is 20.3 Å². The van der Waals surface area contributed by atoms with Crippen LogP contribution in [0.15, 0.2) is 0 Å². The fraction of sp³-hybridized carbons (Fsp3) is 1.00. The Labute approximate surface area is 85.8 Å². The molecule has 0 spiro atoms. The Morgan fingerprint density at radius 3 is 2.36 bits per heavy atom. The van der Waals surface area contributed by atoms with Crippen LogP contribution in [-0.4, -0.2) is 42.4 Å². The third kappa shape index (κ3) is 8.44. The summed E-state index contributed by atoms with van der Waals surface area (Å²) in [5.74, 6) is -0.958. The highest BCUT2D eigenvalue weighted by atomic mass is 16.6. The second-order valence-corrected chi connectivity index (χ2v) is 3.80. The van der Waals surface area contributed by atoms with Crippen LogP contribution in [0.5, 0.6) is 0 Å². The molecule has 1 heterocycles. The largest absolute Gasteiger partial charge is 0.396 e. The summed E-state index contributed by atoms with van der Waals surface area (Å²) in [6.45, 7) is 4.31. The molecule has 14 heavy (non-hydrogen) atoms. The van der Waals surface area contributed by atoms with E-state index in [1.54, 1.807) is 13.8 Å². The molecule has 0 bridgehead atoms. The lowest BCUT2D eigenvalue weighted by atomic mass is 10.2. The molecule has 1 atom stereocenters. The molecule has 0 amide bonds. The zero-order chi connectivity index (χ0) is 11.0. The van der Waals surface area contributed by atoms with E-state index in [1.165, 1.54) is 13.5 Å². The molecule has 1 unspecified atom stereocenters. The van der Waals surface area contributed by atoms with Gasteiger partial charge in [0.15, 0.2) is 5.79 Å². The Bertz CT molecular complexity index is 125. The number of rotatable bonds is 3. The maximum absolute atomic E-state index is 8.60. The SMILES string of the molecule is COC(C)(C)O.OCCC1CCCO1. The van der Waals surface area contributed by atoms with Gasteiger partial charge in [0.1, 0.15) is 0 Å². The highest BCUT2D eigenvalue weighted by Crippen LogP contribution is 2.13. The Balaban J connectivity index is 0.000000255. The molecule has 0 radical (unpaired) electrons. The van der Waals surface area contributed by atoms with Gasteiger partial charge in [-0.2, -0.15) is 0 Å². The molecule has 0 aromatic carbocycles. The van der Waals surface area contributed by atoms with Crippen LogP contribution in [0, 0.1) is 0 Å². The second kappa shape index (κ2) is 7.17. The fourth-order valence-corrected chi connectivity index (χ4v) is 1.02. The van der Waals surface area contributed by atoms with Crippen LogP contribution in [0.3, 0.4) is 0 Å². The summed E-state index contributed by atoms with van der Waals surface area (Å²) < 4.78 is 9.73. The molecule has 4 heteroatoms. The van der Waals surface area contributed by atoms with Gasteiger partial charge in [0.05, 0.1) is 6.10 Å². The zero-order valence-corrected chi connectivity index (χ0v) is 9.32. The van der Waals surface area contributed by atoms with Gasteiger partial charge in [-0.15, -0.1) is 0 Å². The lowest BCUT2D eigenvalue weighted by Crippen LogP contribution is -2.20. The van der Waals surface area contributed by atoms with E-state index in [4.69, 9.17) is 14.9 Å². The molecule has 0 saturated carbocycles. The average molecular weight is 206 g/mol. The molecule has 1 aliphatic heterocycles. The minimum Gasteiger partial charge on any atom is -0.396 e. The quantitative estimate of drug-likeness (QED) is 0.674. The summed E-state index contributed by atoms with van der Waals surface area (Å²) in [7, 11) is 1.46. The van der Waals surface area contributed by atoms with Crippen LogP contribution in [0.4, 0.5) is 0 Å². The molecule has 0 aromatic heterocycles. The summed E-state index contributed by atoms with van der Waals surface area (Å²) in [5, 5.41) is 17.1. The van der Waals surface area contributed by atoms with Gasteiger partial charge < -0.3 is 19.7 Å². The molecule has 1 saturated heterocycles. The third-order valence-electron chi connectivity index (χ3n) is 1.97. The standard InChI is InChI=1S/C6H12O2.C4H10O2/c7-4-3-6-2-1-5-8-6;1-4(2,5)6-3/h6-7H,1-5H2;5H,1-3H3. The molecule has 0 aliphatic carbocycles. The van der Waals surface area contributed by atoms with E-state index in [-0.39, 0.29) is 6.61 Å². The van der Waals surface area contributed by atoms with Gasteiger partial charge in [-0.25, -0.2) is 0 Å². The number of hydrogen-bond acceptors (Lipinski definition) is 4. The number of methoxy groups -OCH3 is 1. The van der Waals surface area contributed by atoms with E-state index >= 15 is 0 Å². The van der Waals surface area contributed by atoms with Crippen LogP contribution in [0.25, 0.3) is 0 Å². The first kappa shape index (κ1) is 13.8. The van der Waals surface area contributed by atoms with Crippen LogP contribution in [-0.2, 0) is 9.47 Å². The van der Waals surface area contributed by atoms with Gasteiger partial charge in [-0.1, -0.05) is 0 Å². The van der Waals surface area contributed by atoms with E-state index in [0.717, 1.165) is 19.4 Å². The lowest BCUT2D eigenvalue weighted by Gasteiger charge is -2.12. The Hall–Kier alpha value is -0.160. The van der Waals surface area contributed by atoms with E-state index in [1.807, 2.05) is 0 Å². The summed E-state index contributed by atoms with van der Waals surface area (Å²) in [5.41, 5.74) is 0. The fourth-order valence-electron chi connectivity index (χ4n) is 1.02. The summed E-state index contributed by atoms with van der Waals surface area (Å²) in [6, 6.07) is 0. The number of ether oxygens (including phenoxy) is 2. The van der Waals surface area contributed by atoms with Crippen molar-refractivity contribution in [1.82, 2.24) is 0 Å². The van der Waals surface area contributed by atoms with Crippen molar-refractivity contribution < 1.29 is 19.7 Å². The summed E-state index contributed by atoms with van der Waals surface area (Å²) in [4.78, 5) is 0. The molecule has 4 nitrogen and oxygen atoms in total. The van der Waals surface area contributed by atoms with Gasteiger partial charge in [0.2, 0.25) is 0 Å². The first-order chi connectivity index (χ1) is 6.49. The van der Waals surface area contributed by atoms with Crippen molar-refractivity contribution in [1.29, 1.82) is 0 Å². The van der Waals surface area contributed by atoms with Crippen molar-refractivity contribution in [2.75, 3.05) is 20.3 Å². The number of aliphatic hydroxyl groups is 2. The summed E-state index contributed by atoms with van der Waals surface area (Å²) in [6.07, 6.45) is 3.49. The first-order valence-corrected chi connectivity index (χ1v) is 4.99. The highest BCUT2D eigenvalue weighted by Gasteiger charge is 2.13. The predicted octanol–water partition coefficient (Wildman–Crippen LogP) is 0.909. The highest BCUT2D eigenvalue weighted by molar-refractivity contribution is 4.63. The maximum atomic E-state index is 8.60. The van der Waals surface area contributed by atoms with Crippen LogP contribution >= 0.6 is 0 Å². The number of aliphatic hydroxyl groups excluding tert-OH is 1. The molecule has 1 aliphatic rings. The van der Waals surface area contributed by atoms with Crippen LogP contribution < -0.4 is 0 Å². The summed E-state index contributed by atoms with van der Waals surface area (Å²) >= 11 is 0. The van der Waals surface area contributed by atoms with E-state index in [0.29, 0.717) is 6.10 Å². The Morgan fingerprint density at radius 2 is 2.07 bits per heavy atom. The molecular weight excluding hydrogens is 184 g/mol. The lowest BCUT2D eigenvalue weighted by molar-refractivity contribution is -0.155. The Kier molecular flexibility index (Phi) is 7.09. The predicted molar refractivity (Wildman–Crippen MR) is 54.0 cm³/mol. The van der Waals surface area contributed by atoms with Crippen molar-refractivity contribution in [2.45, 2.75) is 45.0 Å². The van der Waals surface area contributed by atoms with Crippen molar-refractivity contribution in [3.05, 3.63) is 0 Å². The van der Waals surface area contributed by atoms with Gasteiger partial charge >= 0.3 is 0 Å². The van der Waals surface area contributed by atoms with Crippen LogP contribution in [0.1, 0.15) is 33.1 Å². The molecule has 1 rings (SSSR count). The molecule has 2 N–H and O–H groups in total. The molecule has 86 valence electrons. The number of hydrogen-bond donors (Lipinski definition) is 2. The minimum absolute atomic E-state index is 0.269. The molecule has 0 aromatic rings. The van der Waals surface area contributed by atoms with Crippen molar-refractivity contribution in [3.63, 3.8) is 0 Å². The van der Waals surface area contributed by atoms with E-state index < -0.39 is 5.79 Å². The van der Waals surface area contributed by atoms with Gasteiger partial charge in [-0.05, 0) is 33.1 Å². The van der Waals surface area contributed by atoms with Gasteiger partial charge in [-0.3, -0.25) is 0 Å². The van der Waals surface area contributed by atoms with E-state index in [2.05, 4.69) is 4.74 Å². The topological polar surface area (TPSA) is 58.9 Å². The molecule has 1 fully saturated rings. The average Bonchev–Trinajstić information content (AvgIpc) is 2.58. The smallest absolute Gasteiger partial charge is 0.159 e.